The van der Waals surface area contributed by atoms with Crippen LogP contribution in [0.3, 0.4) is 0 Å². The van der Waals surface area contributed by atoms with Crippen LogP contribution in [-0.4, -0.2) is 25.0 Å². The van der Waals surface area contributed by atoms with Crippen LogP contribution in [0.2, 0.25) is 5.15 Å². The molecule has 0 atom stereocenters. The second kappa shape index (κ2) is 6.49. The number of fused-ring (bicyclic) bond motifs is 1. The number of thioether (sulfide) groups is 1. The molecule has 2 heterocycles. The molecule has 6 heteroatoms. The lowest BCUT2D eigenvalue weighted by molar-refractivity contribution is 0.693. The maximum Gasteiger partial charge on any atom is 0.185 e. The van der Waals surface area contributed by atoms with E-state index in [2.05, 4.69) is 39.3 Å². The lowest BCUT2D eigenvalue weighted by Gasteiger charge is -2.09. The summed E-state index contributed by atoms with van der Waals surface area (Å²) >= 11 is 8.08. The molecule has 4 rings (SSSR count). The third kappa shape index (κ3) is 3.35. The normalized spacial score (nSPS) is 15.5. The lowest BCUT2D eigenvalue weighted by atomic mass is 10.2. The molecule has 0 unspecified atom stereocenters. The Hall–Kier alpha value is -1.59. The molecule has 118 valence electrons. The Bertz CT molecular complexity index is 809. The lowest BCUT2D eigenvalue weighted by Crippen LogP contribution is -2.00. The van der Waals surface area contributed by atoms with E-state index in [-0.39, 0.29) is 0 Å². The summed E-state index contributed by atoms with van der Waals surface area (Å²) in [7, 11) is 0. The average Bonchev–Trinajstić information content (AvgIpc) is 3.19. The molecule has 0 bridgehead atoms. The molecule has 3 aromatic rings. The molecule has 0 spiro atoms. The van der Waals surface area contributed by atoms with Gasteiger partial charge in [-0.05, 0) is 30.5 Å². The van der Waals surface area contributed by atoms with E-state index >= 15 is 0 Å². The summed E-state index contributed by atoms with van der Waals surface area (Å²) in [4.78, 5) is 9.49. The topological polar surface area (TPSA) is 43.6 Å². The maximum atomic E-state index is 6.07. The molecule has 1 aliphatic rings. The van der Waals surface area contributed by atoms with Gasteiger partial charge < -0.3 is 0 Å². The Morgan fingerprint density at radius 3 is 2.65 bits per heavy atom. The van der Waals surface area contributed by atoms with Gasteiger partial charge >= 0.3 is 0 Å². The molecular weight excluding hydrogens is 328 g/mol. The van der Waals surface area contributed by atoms with Crippen LogP contribution in [0.4, 0.5) is 0 Å². The molecule has 0 saturated heterocycles. The number of halogens is 1. The molecule has 1 aliphatic carbocycles. The molecule has 1 aromatic carbocycles. The van der Waals surface area contributed by atoms with E-state index in [1.165, 1.54) is 42.5 Å². The van der Waals surface area contributed by atoms with Gasteiger partial charge in [0.25, 0.3) is 0 Å². The fraction of sp³-hybridized carbons (Fsp3) is 0.353. The molecule has 0 radical (unpaired) electrons. The highest BCUT2D eigenvalue weighted by molar-refractivity contribution is 8.00. The van der Waals surface area contributed by atoms with Crippen molar-refractivity contribution >= 4 is 34.4 Å². The fourth-order valence-corrected chi connectivity index (χ4v) is 4.42. The third-order valence-corrected chi connectivity index (χ3v) is 5.84. The summed E-state index contributed by atoms with van der Waals surface area (Å²) in [5.41, 5.74) is 1.86. The van der Waals surface area contributed by atoms with Gasteiger partial charge in [0.05, 0.1) is 11.9 Å². The van der Waals surface area contributed by atoms with E-state index < -0.39 is 0 Å². The zero-order valence-corrected chi connectivity index (χ0v) is 14.2. The highest BCUT2D eigenvalue weighted by Crippen LogP contribution is 2.34. The minimum atomic E-state index is 0.449. The molecule has 0 aliphatic heterocycles. The van der Waals surface area contributed by atoms with Crippen LogP contribution in [0.1, 0.15) is 31.2 Å². The highest BCUT2D eigenvalue weighted by atomic mass is 35.5. The van der Waals surface area contributed by atoms with Crippen LogP contribution >= 0.6 is 23.4 Å². The van der Waals surface area contributed by atoms with Gasteiger partial charge in [0.15, 0.2) is 5.65 Å². The number of hydrogen-bond donors (Lipinski definition) is 0. The van der Waals surface area contributed by atoms with Crippen molar-refractivity contribution in [2.24, 2.45) is 0 Å². The first-order chi connectivity index (χ1) is 11.3. The number of rotatable bonds is 4. The average molecular weight is 345 g/mol. The third-order valence-electron chi connectivity index (χ3n) is 4.19. The smallest absolute Gasteiger partial charge is 0.185 e. The summed E-state index contributed by atoms with van der Waals surface area (Å²) in [6, 6.07) is 8.79. The van der Waals surface area contributed by atoms with Gasteiger partial charge in [0, 0.05) is 16.3 Å². The van der Waals surface area contributed by atoms with Crippen LogP contribution in [0.5, 0.6) is 0 Å². The molecule has 2 aromatic heterocycles. The molecule has 23 heavy (non-hydrogen) atoms. The van der Waals surface area contributed by atoms with Crippen molar-refractivity contribution in [2.45, 2.75) is 42.4 Å². The zero-order chi connectivity index (χ0) is 15.6. The van der Waals surface area contributed by atoms with E-state index in [9.17, 15) is 0 Å². The van der Waals surface area contributed by atoms with Crippen molar-refractivity contribution in [3.05, 3.63) is 47.5 Å². The van der Waals surface area contributed by atoms with Crippen molar-refractivity contribution in [2.75, 3.05) is 0 Å². The van der Waals surface area contributed by atoms with E-state index in [1.807, 2.05) is 22.6 Å². The molecule has 4 nitrogen and oxygen atoms in total. The van der Waals surface area contributed by atoms with Gasteiger partial charge in [-0.25, -0.2) is 9.97 Å². The first-order valence-corrected chi connectivity index (χ1v) is 9.13. The first kappa shape index (κ1) is 15.0. The molecular formula is C17H17ClN4S. The largest absolute Gasteiger partial charge is 0.265 e. The SMILES string of the molecule is Clc1ncnc2nn(Cc3ccc(SC4CCCC4)cc3)cc12. The standard InChI is InChI=1S/C17H17ClN4S/c18-16-15-10-22(21-17(15)20-11-19-16)9-12-5-7-14(8-6-12)23-13-3-1-2-4-13/h5-8,10-11,13H,1-4,9H2. The number of hydrogen-bond acceptors (Lipinski definition) is 4. The Labute approximate surface area is 144 Å². The van der Waals surface area contributed by atoms with Crippen molar-refractivity contribution in [3.63, 3.8) is 0 Å². The van der Waals surface area contributed by atoms with E-state index in [0.29, 0.717) is 17.3 Å². The van der Waals surface area contributed by atoms with Crippen molar-refractivity contribution in [3.8, 4) is 0 Å². The number of nitrogens with zero attached hydrogens (tertiary/aromatic N) is 4. The predicted molar refractivity (Wildman–Crippen MR) is 94.0 cm³/mol. The minimum Gasteiger partial charge on any atom is -0.265 e. The summed E-state index contributed by atoms with van der Waals surface area (Å²) in [5.74, 6) is 0. The molecule has 1 saturated carbocycles. The van der Waals surface area contributed by atoms with Crippen LogP contribution in [0.25, 0.3) is 11.0 Å². The minimum absolute atomic E-state index is 0.449. The van der Waals surface area contributed by atoms with E-state index in [4.69, 9.17) is 11.6 Å². The second-order valence-electron chi connectivity index (χ2n) is 5.90. The van der Waals surface area contributed by atoms with Crippen LogP contribution < -0.4 is 0 Å². The zero-order valence-electron chi connectivity index (χ0n) is 12.7. The van der Waals surface area contributed by atoms with Gasteiger partial charge in [-0.3, -0.25) is 4.68 Å². The summed E-state index contributed by atoms with van der Waals surface area (Å²) in [6.07, 6.45) is 8.82. The molecule has 1 fully saturated rings. The summed E-state index contributed by atoms with van der Waals surface area (Å²) < 4.78 is 1.87. The van der Waals surface area contributed by atoms with Gasteiger partial charge in [-0.1, -0.05) is 36.6 Å². The Morgan fingerprint density at radius 1 is 1.13 bits per heavy atom. The van der Waals surface area contributed by atoms with Crippen molar-refractivity contribution < 1.29 is 0 Å². The predicted octanol–water partition coefficient (Wildman–Crippen LogP) is 4.56. The van der Waals surface area contributed by atoms with Crippen LogP contribution in [0, 0.1) is 0 Å². The van der Waals surface area contributed by atoms with Gasteiger partial charge in [0.1, 0.15) is 11.5 Å². The van der Waals surface area contributed by atoms with Gasteiger partial charge in [0.2, 0.25) is 0 Å². The molecule has 0 N–H and O–H groups in total. The highest BCUT2D eigenvalue weighted by Gasteiger charge is 2.15. The van der Waals surface area contributed by atoms with Gasteiger partial charge in [-0.2, -0.15) is 5.10 Å². The second-order valence-corrected chi connectivity index (χ2v) is 7.63. The molecule has 0 amide bonds. The van der Waals surface area contributed by atoms with E-state index in [1.54, 1.807) is 0 Å². The van der Waals surface area contributed by atoms with Crippen LogP contribution in [-0.2, 0) is 6.54 Å². The quantitative estimate of drug-likeness (QED) is 0.650. The Kier molecular flexibility index (Phi) is 4.23. The van der Waals surface area contributed by atoms with E-state index in [0.717, 1.165) is 10.6 Å². The summed E-state index contributed by atoms with van der Waals surface area (Å²) in [5, 5.41) is 6.50. The fourth-order valence-electron chi connectivity index (χ4n) is 3.00. The number of aromatic nitrogens is 4. The summed E-state index contributed by atoms with van der Waals surface area (Å²) in [6.45, 7) is 0.709. The van der Waals surface area contributed by atoms with Crippen molar-refractivity contribution in [1.82, 2.24) is 19.7 Å². The maximum absolute atomic E-state index is 6.07. The van der Waals surface area contributed by atoms with Gasteiger partial charge in [-0.15, -0.1) is 11.8 Å². The monoisotopic (exact) mass is 344 g/mol. The Morgan fingerprint density at radius 2 is 1.91 bits per heavy atom. The van der Waals surface area contributed by atoms with Crippen molar-refractivity contribution in [1.29, 1.82) is 0 Å². The van der Waals surface area contributed by atoms with Crippen LogP contribution in [0.15, 0.2) is 41.7 Å². The first-order valence-electron chi connectivity index (χ1n) is 7.87. The number of benzene rings is 1. The Balaban J connectivity index is 1.48.